The van der Waals surface area contributed by atoms with Crippen LogP contribution in [0.5, 0.6) is 0 Å². The molecule has 23 heavy (non-hydrogen) atoms. The maximum Gasteiger partial charge on any atom is 0.328 e. The van der Waals surface area contributed by atoms with Gasteiger partial charge in [0.2, 0.25) is 0 Å². The number of furan rings is 1. The summed E-state index contributed by atoms with van der Waals surface area (Å²) in [5, 5.41) is 9.49. The van der Waals surface area contributed by atoms with Gasteiger partial charge in [-0.3, -0.25) is 14.5 Å². The van der Waals surface area contributed by atoms with Gasteiger partial charge in [-0.2, -0.15) is 0 Å². The van der Waals surface area contributed by atoms with Gasteiger partial charge in [0, 0.05) is 6.54 Å². The predicted octanol–water partition coefficient (Wildman–Crippen LogP) is 1.74. The Balaban J connectivity index is 2.06. The lowest BCUT2D eigenvalue weighted by Crippen LogP contribution is -2.52. The molecule has 2 heterocycles. The monoisotopic (exact) mass is 324 g/mol. The molecule has 128 valence electrons. The fraction of sp³-hybridized carbons (Fsp3) is 0.625. The van der Waals surface area contributed by atoms with E-state index in [1.165, 1.54) is 6.26 Å². The number of nitrogens with two attached hydrogens (primary N) is 1. The largest absolute Gasteiger partial charge is 0.480 e. The van der Waals surface area contributed by atoms with E-state index < -0.39 is 23.8 Å². The Bertz CT molecular complexity index is 549. The Hall–Kier alpha value is -1.86. The van der Waals surface area contributed by atoms with Gasteiger partial charge in [0.25, 0.3) is 0 Å². The van der Waals surface area contributed by atoms with Crippen molar-refractivity contribution in [2.75, 3.05) is 6.54 Å². The topological polar surface area (TPSA) is 106 Å². The average molecular weight is 324 g/mol. The van der Waals surface area contributed by atoms with E-state index in [0.29, 0.717) is 25.1 Å². The Labute approximate surface area is 135 Å². The van der Waals surface area contributed by atoms with E-state index in [1.807, 2.05) is 20.8 Å². The first-order valence-corrected chi connectivity index (χ1v) is 7.69. The zero-order valence-corrected chi connectivity index (χ0v) is 13.7. The van der Waals surface area contributed by atoms with Gasteiger partial charge in [0.05, 0.1) is 18.3 Å². The Morgan fingerprint density at radius 1 is 1.48 bits per heavy atom. The van der Waals surface area contributed by atoms with Crippen LogP contribution < -0.4 is 5.73 Å². The number of rotatable bonds is 4. The number of nitrogens with zero attached hydrogens (tertiary/aromatic N) is 1. The molecule has 1 aliphatic heterocycles. The molecule has 0 saturated carbocycles. The number of carboxylic acid groups (broad SMARTS) is 1. The Kier molecular flexibility index (Phi) is 5.11. The van der Waals surface area contributed by atoms with E-state index in [4.69, 9.17) is 14.9 Å². The number of carbonyl (C=O) groups is 2. The molecule has 1 fully saturated rings. The molecule has 3 N–H and O–H groups in total. The first kappa shape index (κ1) is 17.5. The highest BCUT2D eigenvalue weighted by molar-refractivity contribution is 5.75. The summed E-state index contributed by atoms with van der Waals surface area (Å²) in [7, 11) is 0. The number of carboxylic acids is 1. The molecule has 1 aliphatic rings. The third kappa shape index (κ3) is 4.33. The van der Waals surface area contributed by atoms with Crippen LogP contribution in [0.25, 0.3) is 0 Å². The fourth-order valence-corrected chi connectivity index (χ4v) is 2.81. The van der Waals surface area contributed by atoms with Crippen molar-refractivity contribution in [1.82, 2.24) is 4.90 Å². The van der Waals surface area contributed by atoms with Gasteiger partial charge in [-0.15, -0.1) is 0 Å². The molecule has 0 aromatic carbocycles. The number of likely N-dealkylation sites (tertiary alicyclic amines) is 1. The number of piperidine rings is 1. The van der Waals surface area contributed by atoms with Crippen LogP contribution in [0.2, 0.25) is 0 Å². The molecule has 2 rings (SSSR count). The molecule has 0 unspecified atom stereocenters. The van der Waals surface area contributed by atoms with Gasteiger partial charge >= 0.3 is 11.9 Å². The molecular weight excluding hydrogens is 300 g/mol. The number of hydrogen-bond acceptors (Lipinski definition) is 6. The number of ether oxygens (including phenoxy) is 1. The summed E-state index contributed by atoms with van der Waals surface area (Å²) in [6.07, 6.45) is 1.75. The highest BCUT2D eigenvalue weighted by Crippen LogP contribution is 2.31. The number of carbonyl (C=O) groups excluding carboxylic acids is 1. The lowest BCUT2D eigenvalue weighted by atomic mass is 9.93. The molecule has 0 bridgehead atoms. The van der Waals surface area contributed by atoms with E-state index in [-0.39, 0.29) is 11.9 Å². The molecule has 1 aromatic rings. The first-order chi connectivity index (χ1) is 10.7. The second-order valence-electron chi connectivity index (χ2n) is 6.82. The summed E-state index contributed by atoms with van der Waals surface area (Å²) in [6, 6.07) is 2.31. The number of esters is 1. The molecule has 0 spiro atoms. The minimum Gasteiger partial charge on any atom is -0.480 e. The van der Waals surface area contributed by atoms with Crippen LogP contribution in [0.15, 0.2) is 22.8 Å². The van der Waals surface area contributed by atoms with Crippen LogP contribution in [-0.4, -0.2) is 40.3 Å². The van der Waals surface area contributed by atoms with E-state index in [0.717, 1.165) is 0 Å². The molecule has 1 saturated heterocycles. The Morgan fingerprint density at radius 2 is 2.17 bits per heavy atom. The van der Waals surface area contributed by atoms with Crippen LogP contribution in [0.4, 0.5) is 0 Å². The molecular formula is C16H24N2O5. The average Bonchev–Trinajstić information content (AvgIpc) is 2.92. The van der Waals surface area contributed by atoms with Gasteiger partial charge in [0.1, 0.15) is 11.4 Å². The second kappa shape index (κ2) is 6.72. The SMILES string of the molecule is CC(C)(C)OC(=O)[C@H]1CCN([C@H](C(=O)O)c2ccco2)[C@@H](N)C1. The third-order valence-corrected chi connectivity index (χ3v) is 3.81. The summed E-state index contributed by atoms with van der Waals surface area (Å²) in [5.74, 6) is -1.28. The zero-order valence-electron chi connectivity index (χ0n) is 13.7. The molecule has 1 aromatic heterocycles. The van der Waals surface area contributed by atoms with E-state index in [9.17, 15) is 14.7 Å². The zero-order chi connectivity index (χ0) is 17.2. The maximum absolute atomic E-state index is 12.2. The lowest BCUT2D eigenvalue weighted by Gasteiger charge is -2.39. The third-order valence-electron chi connectivity index (χ3n) is 3.81. The molecule has 7 heteroatoms. The predicted molar refractivity (Wildman–Crippen MR) is 82.3 cm³/mol. The Morgan fingerprint density at radius 3 is 2.65 bits per heavy atom. The normalized spacial score (nSPS) is 24.2. The maximum atomic E-state index is 12.2. The second-order valence-corrected chi connectivity index (χ2v) is 6.82. The lowest BCUT2D eigenvalue weighted by molar-refractivity contribution is -0.163. The van der Waals surface area contributed by atoms with Crippen LogP contribution in [-0.2, 0) is 14.3 Å². The van der Waals surface area contributed by atoms with Crippen molar-refractivity contribution in [3.8, 4) is 0 Å². The van der Waals surface area contributed by atoms with Crippen molar-refractivity contribution in [1.29, 1.82) is 0 Å². The van der Waals surface area contributed by atoms with E-state index in [2.05, 4.69) is 0 Å². The molecule has 7 nitrogen and oxygen atoms in total. The van der Waals surface area contributed by atoms with Crippen molar-refractivity contribution in [3.63, 3.8) is 0 Å². The fourth-order valence-electron chi connectivity index (χ4n) is 2.81. The highest BCUT2D eigenvalue weighted by atomic mass is 16.6. The smallest absolute Gasteiger partial charge is 0.328 e. The van der Waals surface area contributed by atoms with Gasteiger partial charge < -0.3 is 20.0 Å². The highest BCUT2D eigenvalue weighted by Gasteiger charge is 2.39. The summed E-state index contributed by atoms with van der Waals surface area (Å²) >= 11 is 0. The summed E-state index contributed by atoms with van der Waals surface area (Å²) in [4.78, 5) is 25.4. The minimum atomic E-state index is -1.02. The standard InChI is InChI=1S/C16H24N2O5/c1-16(2,3)23-15(21)10-6-7-18(12(17)9-10)13(14(19)20)11-5-4-8-22-11/h4-5,8,10,12-13H,6-7,9,17H2,1-3H3,(H,19,20)/t10-,12+,13-/m0/s1. The summed E-state index contributed by atoms with van der Waals surface area (Å²) < 4.78 is 10.6. The number of aliphatic carboxylic acids is 1. The van der Waals surface area contributed by atoms with Crippen LogP contribution in [0.3, 0.4) is 0 Å². The summed E-state index contributed by atoms with van der Waals surface area (Å²) in [5.41, 5.74) is 5.58. The van der Waals surface area contributed by atoms with Gasteiger partial charge in [-0.1, -0.05) is 0 Å². The van der Waals surface area contributed by atoms with Crippen molar-refractivity contribution in [2.45, 2.75) is 51.4 Å². The quantitative estimate of drug-likeness (QED) is 0.812. The van der Waals surface area contributed by atoms with Crippen molar-refractivity contribution < 1.29 is 23.8 Å². The minimum absolute atomic E-state index is 0.280. The van der Waals surface area contributed by atoms with Gasteiger partial charge in [-0.25, -0.2) is 0 Å². The molecule has 0 aliphatic carbocycles. The van der Waals surface area contributed by atoms with Crippen LogP contribution in [0, 0.1) is 5.92 Å². The van der Waals surface area contributed by atoms with Crippen molar-refractivity contribution >= 4 is 11.9 Å². The molecule has 0 radical (unpaired) electrons. The molecule has 3 atom stereocenters. The van der Waals surface area contributed by atoms with Crippen LogP contribution >= 0.6 is 0 Å². The van der Waals surface area contributed by atoms with Crippen molar-refractivity contribution in [2.24, 2.45) is 11.7 Å². The first-order valence-electron chi connectivity index (χ1n) is 7.69. The molecule has 0 amide bonds. The number of hydrogen-bond donors (Lipinski definition) is 2. The summed E-state index contributed by atoms with van der Waals surface area (Å²) in [6.45, 7) is 5.84. The van der Waals surface area contributed by atoms with Crippen molar-refractivity contribution in [3.05, 3.63) is 24.2 Å². The van der Waals surface area contributed by atoms with E-state index in [1.54, 1.807) is 17.0 Å². The van der Waals surface area contributed by atoms with Gasteiger partial charge in [-0.05, 0) is 45.7 Å². The van der Waals surface area contributed by atoms with E-state index >= 15 is 0 Å². The van der Waals surface area contributed by atoms with Gasteiger partial charge in [0.15, 0.2) is 6.04 Å². The van der Waals surface area contributed by atoms with Crippen LogP contribution in [0.1, 0.15) is 45.4 Å².